The lowest BCUT2D eigenvalue weighted by molar-refractivity contribution is 0.422. The number of halogens is 1. The average Bonchev–Trinajstić information content (AvgIpc) is 3.01. The van der Waals surface area contributed by atoms with Crippen LogP contribution in [0.2, 0.25) is 0 Å². The van der Waals surface area contributed by atoms with Gasteiger partial charge in [-0.1, -0.05) is 5.16 Å². The molecule has 0 aliphatic heterocycles. The van der Waals surface area contributed by atoms with E-state index in [9.17, 15) is 0 Å². The molecule has 1 saturated carbocycles. The number of benzene rings is 1. The molecule has 4 nitrogen and oxygen atoms in total. The largest absolute Gasteiger partial charge is 0.398 e. The van der Waals surface area contributed by atoms with Crippen molar-refractivity contribution in [3.8, 4) is 11.5 Å². The first-order valence-electron chi connectivity index (χ1n) is 5.13. The Kier molecular flexibility index (Phi) is 2.21. The highest BCUT2D eigenvalue weighted by molar-refractivity contribution is 9.10. The topological polar surface area (TPSA) is 64.9 Å². The van der Waals surface area contributed by atoms with E-state index >= 15 is 0 Å². The Morgan fingerprint density at radius 3 is 2.88 bits per heavy atom. The van der Waals surface area contributed by atoms with Gasteiger partial charge in [0.1, 0.15) is 0 Å². The molecule has 3 rings (SSSR count). The molecule has 16 heavy (non-hydrogen) atoms. The maximum atomic E-state index is 5.80. The molecule has 1 aromatic carbocycles. The normalized spacial score (nSPS) is 15.3. The minimum absolute atomic E-state index is 0.505. The second-order valence-corrected chi connectivity index (χ2v) is 4.82. The van der Waals surface area contributed by atoms with Crippen molar-refractivity contribution in [1.82, 2.24) is 10.1 Å². The number of nitrogens with zero attached hydrogens (tertiary/aromatic N) is 2. The van der Waals surface area contributed by atoms with Gasteiger partial charge in [0.05, 0.1) is 0 Å². The molecule has 82 valence electrons. The van der Waals surface area contributed by atoms with Crippen LogP contribution in [0.3, 0.4) is 0 Å². The Balaban J connectivity index is 1.97. The third kappa shape index (κ3) is 1.71. The zero-order valence-electron chi connectivity index (χ0n) is 8.48. The summed E-state index contributed by atoms with van der Waals surface area (Å²) >= 11 is 3.35. The lowest BCUT2D eigenvalue weighted by atomic mass is 10.2. The Hall–Kier alpha value is -1.36. The van der Waals surface area contributed by atoms with Gasteiger partial charge in [-0.25, -0.2) is 0 Å². The molecule has 1 aliphatic carbocycles. The van der Waals surface area contributed by atoms with Gasteiger partial charge < -0.3 is 10.3 Å². The van der Waals surface area contributed by atoms with E-state index in [0.717, 1.165) is 15.9 Å². The number of anilines is 1. The van der Waals surface area contributed by atoms with Crippen LogP contribution in [0.25, 0.3) is 11.5 Å². The van der Waals surface area contributed by atoms with Crippen molar-refractivity contribution >= 4 is 21.6 Å². The summed E-state index contributed by atoms with van der Waals surface area (Å²) < 4.78 is 6.09. The molecule has 0 amide bonds. The minimum Gasteiger partial charge on any atom is -0.398 e. The zero-order chi connectivity index (χ0) is 11.1. The van der Waals surface area contributed by atoms with Gasteiger partial charge in [-0.2, -0.15) is 4.98 Å². The molecule has 0 saturated heterocycles. The van der Waals surface area contributed by atoms with Crippen LogP contribution in [0.15, 0.2) is 27.2 Å². The van der Waals surface area contributed by atoms with Crippen LogP contribution < -0.4 is 5.73 Å². The standard InChI is InChI=1S/C11H10BrN3O/c12-8-4-3-7(5-9(8)13)11-14-10(15-16-11)6-1-2-6/h3-6H,1-2,13H2. The molecule has 0 spiro atoms. The third-order valence-electron chi connectivity index (χ3n) is 2.63. The second kappa shape index (κ2) is 3.59. The van der Waals surface area contributed by atoms with Crippen molar-refractivity contribution in [1.29, 1.82) is 0 Å². The first-order valence-corrected chi connectivity index (χ1v) is 5.92. The lowest BCUT2D eigenvalue weighted by Crippen LogP contribution is -1.88. The molecule has 0 atom stereocenters. The van der Waals surface area contributed by atoms with Gasteiger partial charge >= 0.3 is 0 Å². The summed E-state index contributed by atoms with van der Waals surface area (Å²) in [6, 6.07) is 5.62. The van der Waals surface area contributed by atoms with E-state index in [1.54, 1.807) is 0 Å². The summed E-state index contributed by atoms with van der Waals surface area (Å²) in [6.07, 6.45) is 2.34. The fourth-order valence-electron chi connectivity index (χ4n) is 1.54. The zero-order valence-corrected chi connectivity index (χ0v) is 10.1. The molecule has 0 bridgehead atoms. The Morgan fingerprint density at radius 1 is 1.38 bits per heavy atom. The van der Waals surface area contributed by atoms with E-state index in [4.69, 9.17) is 10.3 Å². The van der Waals surface area contributed by atoms with Gasteiger partial charge in [0.15, 0.2) is 5.82 Å². The van der Waals surface area contributed by atoms with E-state index in [2.05, 4.69) is 26.1 Å². The van der Waals surface area contributed by atoms with Crippen molar-refractivity contribution < 1.29 is 4.52 Å². The summed E-state index contributed by atoms with van der Waals surface area (Å²) in [7, 11) is 0. The fraction of sp³-hybridized carbons (Fsp3) is 0.273. The van der Waals surface area contributed by atoms with E-state index in [1.165, 1.54) is 12.8 Å². The summed E-state index contributed by atoms with van der Waals surface area (Å²) in [6.45, 7) is 0. The van der Waals surface area contributed by atoms with Gasteiger partial charge in [0, 0.05) is 21.6 Å². The molecule has 0 radical (unpaired) electrons. The van der Waals surface area contributed by atoms with Crippen LogP contribution in [0.4, 0.5) is 5.69 Å². The van der Waals surface area contributed by atoms with Crippen molar-refractivity contribution in [2.45, 2.75) is 18.8 Å². The van der Waals surface area contributed by atoms with Crippen LogP contribution in [0.1, 0.15) is 24.6 Å². The Bertz CT molecular complexity index is 534. The van der Waals surface area contributed by atoms with E-state index in [0.29, 0.717) is 17.5 Å². The summed E-state index contributed by atoms with van der Waals surface area (Å²) in [5, 5.41) is 3.97. The highest BCUT2D eigenvalue weighted by atomic mass is 79.9. The fourth-order valence-corrected chi connectivity index (χ4v) is 1.78. The molecule has 1 fully saturated rings. The molecule has 5 heteroatoms. The van der Waals surface area contributed by atoms with Gasteiger partial charge in [-0.15, -0.1) is 0 Å². The molecule has 1 heterocycles. The number of rotatable bonds is 2. The summed E-state index contributed by atoms with van der Waals surface area (Å²) in [4.78, 5) is 4.36. The van der Waals surface area contributed by atoms with Crippen LogP contribution in [-0.4, -0.2) is 10.1 Å². The van der Waals surface area contributed by atoms with Crippen LogP contribution in [0.5, 0.6) is 0 Å². The van der Waals surface area contributed by atoms with Crippen LogP contribution in [0, 0.1) is 0 Å². The third-order valence-corrected chi connectivity index (χ3v) is 3.35. The van der Waals surface area contributed by atoms with Crippen molar-refractivity contribution in [2.75, 3.05) is 5.73 Å². The number of hydrogen-bond acceptors (Lipinski definition) is 4. The van der Waals surface area contributed by atoms with E-state index in [-0.39, 0.29) is 0 Å². The molecule has 1 aromatic heterocycles. The van der Waals surface area contributed by atoms with Crippen molar-refractivity contribution in [3.05, 3.63) is 28.5 Å². The lowest BCUT2D eigenvalue weighted by Gasteiger charge is -1.99. The number of nitrogens with two attached hydrogens (primary N) is 1. The SMILES string of the molecule is Nc1cc(-c2nc(C3CC3)no2)ccc1Br. The molecular weight excluding hydrogens is 270 g/mol. The maximum absolute atomic E-state index is 5.80. The summed E-state index contributed by atoms with van der Waals surface area (Å²) in [5.74, 6) is 1.86. The monoisotopic (exact) mass is 279 g/mol. The Labute approximate surface area is 101 Å². The molecule has 2 N–H and O–H groups in total. The van der Waals surface area contributed by atoms with Gasteiger partial charge in [-0.3, -0.25) is 0 Å². The minimum atomic E-state index is 0.505. The van der Waals surface area contributed by atoms with Crippen molar-refractivity contribution in [2.24, 2.45) is 0 Å². The maximum Gasteiger partial charge on any atom is 0.258 e. The number of nitrogen functional groups attached to an aromatic ring is 1. The van der Waals surface area contributed by atoms with E-state index < -0.39 is 0 Å². The average molecular weight is 280 g/mol. The van der Waals surface area contributed by atoms with Crippen LogP contribution in [-0.2, 0) is 0 Å². The number of aromatic nitrogens is 2. The predicted octanol–water partition coefficient (Wildman–Crippen LogP) is 2.96. The highest BCUT2D eigenvalue weighted by Crippen LogP contribution is 2.39. The Morgan fingerprint density at radius 2 is 2.19 bits per heavy atom. The van der Waals surface area contributed by atoms with E-state index in [1.807, 2.05) is 18.2 Å². The van der Waals surface area contributed by atoms with Crippen LogP contribution >= 0.6 is 15.9 Å². The summed E-state index contributed by atoms with van der Waals surface area (Å²) in [5.41, 5.74) is 7.33. The molecule has 1 aliphatic rings. The van der Waals surface area contributed by atoms with Gasteiger partial charge in [0.25, 0.3) is 5.89 Å². The predicted molar refractivity (Wildman–Crippen MR) is 63.8 cm³/mol. The molecular formula is C11H10BrN3O. The van der Waals surface area contributed by atoms with Gasteiger partial charge in [-0.05, 0) is 47.0 Å². The van der Waals surface area contributed by atoms with Gasteiger partial charge in [0.2, 0.25) is 0 Å². The quantitative estimate of drug-likeness (QED) is 0.859. The molecule has 0 unspecified atom stereocenters. The number of hydrogen-bond donors (Lipinski definition) is 1. The second-order valence-electron chi connectivity index (χ2n) is 3.97. The smallest absolute Gasteiger partial charge is 0.258 e. The molecule has 2 aromatic rings. The first kappa shape index (κ1) is 9.84. The highest BCUT2D eigenvalue weighted by Gasteiger charge is 2.28. The first-order chi connectivity index (χ1) is 7.74. The van der Waals surface area contributed by atoms with Crippen molar-refractivity contribution in [3.63, 3.8) is 0 Å².